The number of hydrogen-bond donors (Lipinski definition) is 1. The maximum atomic E-state index is 3.62. The summed E-state index contributed by atoms with van der Waals surface area (Å²) < 4.78 is 0. The molecule has 1 rings (SSSR count). The Labute approximate surface area is 76.9 Å². The molecule has 1 fully saturated rings. The topological polar surface area (TPSA) is 12.0 Å². The molecule has 0 aromatic carbocycles. The van der Waals surface area contributed by atoms with Gasteiger partial charge in [-0.1, -0.05) is 26.2 Å². The smallest absolute Gasteiger partial charge is 0.00388 e. The maximum absolute atomic E-state index is 3.62. The molecule has 0 radical (unpaired) electrons. The molecule has 1 atom stereocenters. The summed E-state index contributed by atoms with van der Waals surface area (Å²) >= 11 is 0. The maximum Gasteiger partial charge on any atom is 0.00388 e. The summed E-state index contributed by atoms with van der Waals surface area (Å²) in [7, 11) is 0. The minimum Gasteiger partial charge on any atom is -0.314 e. The Morgan fingerprint density at radius 2 is 2.17 bits per heavy atom. The van der Waals surface area contributed by atoms with Crippen LogP contribution in [0.15, 0.2) is 0 Å². The largest absolute Gasteiger partial charge is 0.314 e. The molecule has 1 heteroatoms. The summed E-state index contributed by atoms with van der Waals surface area (Å²) in [4.78, 5) is 0. The minimum atomic E-state index is 0.741. The second-order valence-electron chi connectivity index (χ2n) is 4.25. The van der Waals surface area contributed by atoms with Crippen molar-refractivity contribution in [1.82, 2.24) is 5.32 Å². The first-order valence-corrected chi connectivity index (χ1v) is 5.56. The molecule has 72 valence electrons. The number of hydrogen-bond acceptors (Lipinski definition) is 1. The predicted molar refractivity (Wildman–Crippen MR) is 54.3 cm³/mol. The fourth-order valence-corrected chi connectivity index (χ4v) is 1.68. The molecule has 1 unspecified atom stereocenters. The highest BCUT2D eigenvalue weighted by atomic mass is 14.9. The molecule has 0 aromatic rings. The normalized spacial score (nSPS) is 20.5. The number of unbranched alkanes of at least 4 members (excludes halogenated alkanes) is 1. The first-order valence-electron chi connectivity index (χ1n) is 5.56. The molecule has 1 aliphatic carbocycles. The van der Waals surface area contributed by atoms with Gasteiger partial charge in [0.05, 0.1) is 0 Å². The lowest BCUT2D eigenvalue weighted by atomic mass is 9.85. The lowest BCUT2D eigenvalue weighted by Gasteiger charge is -2.27. The van der Waals surface area contributed by atoms with Crippen LogP contribution in [0.3, 0.4) is 0 Å². The fourth-order valence-electron chi connectivity index (χ4n) is 1.68. The van der Waals surface area contributed by atoms with Crippen LogP contribution in [0, 0.1) is 5.92 Å². The quantitative estimate of drug-likeness (QED) is 0.644. The Morgan fingerprint density at radius 3 is 2.67 bits per heavy atom. The van der Waals surface area contributed by atoms with Crippen molar-refractivity contribution in [3.63, 3.8) is 0 Å². The zero-order valence-electron chi connectivity index (χ0n) is 8.60. The van der Waals surface area contributed by atoms with Crippen molar-refractivity contribution < 1.29 is 0 Å². The zero-order valence-corrected chi connectivity index (χ0v) is 8.60. The summed E-state index contributed by atoms with van der Waals surface area (Å²) in [5.41, 5.74) is 0. The Hall–Kier alpha value is -0.0400. The predicted octanol–water partition coefficient (Wildman–Crippen LogP) is 2.95. The van der Waals surface area contributed by atoms with Crippen molar-refractivity contribution in [3.05, 3.63) is 0 Å². The van der Waals surface area contributed by atoms with Crippen LogP contribution in [0.5, 0.6) is 0 Å². The summed E-state index contributed by atoms with van der Waals surface area (Å²) in [5, 5.41) is 3.62. The van der Waals surface area contributed by atoms with Gasteiger partial charge in [-0.25, -0.2) is 0 Å². The van der Waals surface area contributed by atoms with Crippen molar-refractivity contribution in [2.75, 3.05) is 6.54 Å². The van der Waals surface area contributed by atoms with E-state index in [0.29, 0.717) is 0 Å². The third-order valence-corrected chi connectivity index (χ3v) is 2.97. The van der Waals surface area contributed by atoms with Crippen molar-refractivity contribution in [2.45, 2.75) is 58.4 Å². The second-order valence-corrected chi connectivity index (χ2v) is 4.25. The molecule has 1 saturated carbocycles. The van der Waals surface area contributed by atoms with Crippen molar-refractivity contribution in [2.24, 2.45) is 5.92 Å². The molecule has 0 spiro atoms. The summed E-state index contributed by atoms with van der Waals surface area (Å²) in [6, 6.07) is 0.741. The molecule has 1 nitrogen and oxygen atoms in total. The molecule has 0 bridgehead atoms. The highest BCUT2D eigenvalue weighted by Crippen LogP contribution is 2.25. The number of rotatable bonds is 6. The SMILES string of the molecule is CCCCC(C)NCC1CCC1. The monoisotopic (exact) mass is 169 g/mol. The summed E-state index contributed by atoms with van der Waals surface area (Å²) in [6.07, 6.45) is 8.45. The van der Waals surface area contributed by atoms with Gasteiger partial charge in [-0.3, -0.25) is 0 Å². The molecule has 1 N–H and O–H groups in total. The summed E-state index contributed by atoms with van der Waals surface area (Å²) in [6.45, 7) is 5.85. The third-order valence-electron chi connectivity index (χ3n) is 2.97. The van der Waals surface area contributed by atoms with Crippen molar-refractivity contribution in [1.29, 1.82) is 0 Å². The van der Waals surface area contributed by atoms with Gasteiger partial charge in [0.25, 0.3) is 0 Å². The highest BCUT2D eigenvalue weighted by molar-refractivity contribution is 4.73. The van der Waals surface area contributed by atoms with Gasteiger partial charge < -0.3 is 5.32 Å². The van der Waals surface area contributed by atoms with E-state index in [1.807, 2.05) is 0 Å². The molecule has 12 heavy (non-hydrogen) atoms. The Bertz CT molecular complexity index is 108. The second kappa shape index (κ2) is 5.58. The van der Waals surface area contributed by atoms with Gasteiger partial charge in [0.1, 0.15) is 0 Å². The van der Waals surface area contributed by atoms with E-state index in [0.717, 1.165) is 12.0 Å². The van der Waals surface area contributed by atoms with E-state index < -0.39 is 0 Å². The fraction of sp³-hybridized carbons (Fsp3) is 1.00. The molecular weight excluding hydrogens is 146 g/mol. The van der Waals surface area contributed by atoms with Gasteiger partial charge in [-0.05, 0) is 38.6 Å². The van der Waals surface area contributed by atoms with Crippen LogP contribution in [0.25, 0.3) is 0 Å². The molecule has 0 aromatic heterocycles. The molecular formula is C11H23N. The Morgan fingerprint density at radius 1 is 1.42 bits per heavy atom. The van der Waals surface area contributed by atoms with Crippen LogP contribution in [0.4, 0.5) is 0 Å². The van der Waals surface area contributed by atoms with Crippen LogP contribution in [0.1, 0.15) is 52.4 Å². The van der Waals surface area contributed by atoms with Crippen LogP contribution < -0.4 is 5.32 Å². The van der Waals surface area contributed by atoms with Gasteiger partial charge in [0.15, 0.2) is 0 Å². The van der Waals surface area contributed by atoms with E-state index in [1.165, 1.54) is 45.1 Å². The first kappa shape index (κ1) is 10.0. The van der Waals surface area contributed by atoms with Crippen LogP contribution in [-0.4, -0.2) is 12.6 Å². The molecule has 0 aliphatic heterocycles. The van der Waals surface area contributed by atoms with Crippen molar-refractivity contribution in [3.8, 4) is 0 Å². The molecule has 0 saturated heterocycles. The van der Waals surface area contributed by atoms with Crippen molar-refractivity contribution >= 4 is 0 Å². The van der Waals surface area contributed by atoms with Gasteiger partial charge in [0.2, 0.25) is 0 Å². The van der Waals surface area contributed by atoms with Crippen LogP contribution in [0.2, 0.25) is 0 Å². The average molecular weight is 169 g/mol. The zero-order chi connectivity index (χ0) is 8.81. The lowest BCUT2D eigenvalue weighted by Crippen LogP contribution is -2.33. The molecule has 0 heterocycles. The van der Waals surface area contributed by atoms with Gasteiger partial charge >= 0.3 is 0 Å². The van der Waals surface area contributed by atoms with E-state index >= 15 is 0 Å². The van der Waals surface area contributed by atoms with Gasteiger partial charge in [0, 0.05) is 6.04 Å². The molecule has 0 amide bonds. The van der Waals surface area contributed by atoms with Crippen LogP contribution >= 0.6 is 0 Å². The average Bonchev–Trinajstić information content (AvgIpc) is 1.98. The highest BCUT2D eigenvalue weighted by Gasteiger charge is 2.17. The minimum absolute atomic E-state index is 0.741. The third kappa shape index (κ3) is 3.57. The summed E-state index contributed by atoms with van der Waals surface area (Å²) in [5.74, 6) is 1.01. The van der Waals surface area contributed by atoms with E-state index in [-0.39, 0.29) is 0 Å². The van der Waals surface area contributed by atoms with E-state index in [2.05, 4.69) is 19.2 Å². The van der Waals surface area contributed by atoms with E-state index in [4.69, 9.17) is 0 Å². The Kier molecular flexibility index (Phi) is 4.67. The van der Waals surface area contributed by atoms with Gasteiger partial charge in [-0.2, -0.15) is 0 Å². The number of nitrogens with one attached hydrogen (secondary N) is 1. The lowest BCUT2D eigenvalue weighted by molar-refractivity contribution is 0.288. The van der Waals surface area contributed by atoms with Crippen LogP contribution in [-0.2, 0) is 0 Å². The Balaban J connectivity index is 1.90. The van der Waals surface area contributed by atoms with Gasteiger partial charge in [-0.15, -0.1) is 0 Å². The first-order chi connectivity index (χ1) is 5.83. The molecule has 1 aliphatic rings. The van der Waals surface area contributed by atoms with E-state index in [1.54, 1.807) is 0 Å². The van der Waals surface area contributed by atoms with E-state index in [9.17, 15) is 0 Å². The standard InChI is InChI=1S/C11H23N/c1-3-4-6-10(2)12-9-11-7-5-8-11/h10-12H,3-9H2,1-2H3.